The minimum absolute atomic E-state index is 0.959. The summed E-state index contributed by atoms with van der Waals surface area (Å²) in [5.41, 5.74) is 0. The summed E-state index contributed by atoms with van der Waals surface area (Å²) in [4.78, 5) is 0. The van der Waals surface area contributed by atoms with E-state index in [1.807, 2.05) is 0 Å². The highest BCUT2D eigenvalue weighted by Crippen LogP contribution is 2.37. The van der Waals surface area contributed by atoms with Gasteiger partial charge in [0.2, 0.25) is 0 Å². The molecule has 2 aliphatic carbocycles. The fourth-order valence-corrected chi connectivity index (χ4v) is 5.66. The van der Waals surface area contributed by atoms with E-state index in [4.69, 9.17) is 0 Å². The van der Waals surface area contributed by atoms with Gasteiger partial charge in [-0.3, -0.25) is 0 Å². The van der Waals surface area contributed by atoms with Crippen LogP contribution in [-0.2, 0) is 0 Å². The number of hydrogen-bond donors (Lipinski definition) is 0. The van der Waals surface area contributed by atoms with E-state index in [-0.39, 0.29) is 0 Å². The SMILES string of the molecule is CCC(CC(C)CCCC(C)C1CCCCC1)C1CCCCC1. The van der Waals surface area contributed by atoms with Gasteiger partial charge in [-0.25, -0.2) is 0 Å². The van der Waals surface area contributed by atoms with Gasteiger partial charge in [0, 0.05) is 0 Å². The second-order valence-electron chi connectivity index (χ2n) is 9.21. The molecule has 0 spiro atoms. The Bertz CT molecular complexity index is 282. The Morgan fingerprint density at radius 3 is 1.87 bits per heavy atom. The average Bonchev–Trinajstić information content (AvgIpc) is 2.61. The summed E-state index contributed by atoms with van der Waals surface area (Å²) in [5, 5.41) is 0. The predicted molar refractivity (Wildman–Crippen MR) is 104 cm³/mol. The van der Waals surface area contributed by atoms with Gasteiger partial charge >= 0.3 is 0 Å². The molecule has 2 saturated carbocycles. The summed E-state index contributed by atoms with van der Waals surface area (Å²) in [6.45, 7) is 7.52. The second-order valence-corrected chi connectivity index (χ2v) is 9.21. The van der Waals surface area contributed by atoms with Gasteiger partial charge < -0.3 is 0 Å². The molecule has 2 aliphatic rings. The zero-order valence-corrected chi connectivity index (χ0v) is 16.5. The van der Waals surface area contributed by atoms with Crippen LogP contribution in [0.4, 0.5) is 0 Å². The molecule has 0 aliphatic heterocycles. The van der Waals surface area contributed by atoms with Crippen LogP contribution in [0.2, 0.25) is 0 Å². The molecule has 3 atom stereocenters. The molecule has 0 heterocycles. The molecule has 0 nitrogen and oxygen atoms in total. The highest BCUT2D eigenvalue weighted by molar-refractivity contribution is 4.76. The Morgan fingerprint density at radius 2 is 1.30 bits per heavy atom. The molecule has 3 unspecified atom stereocenters. The third kappa shape index (κ3) is 6.79. The zero-order valence-electron chi connectivity index (χ0n) is 16.5. The van der Waals surface area contributed by atoms with E-state index in [1.165, 1.54) is 96.3 Å². The van der Waals surface area contributed by atoms with Crippen molar-refractivity contribution >= 4 is 0 Å². The van der Waals surface area contributed by atoms with Crippen molar-refractivity contribution < 1.29 is 0 Å². The Labute approximate surface area is 147 Å². The van der Waals surface area contributed by atoms with Gasteiger partial charge in [0.25, 0.3) is 0 Å². The Morgan fingerprint density at radius 1 is 0.739 bits per heavy atom. The standard InChI is InChI=1S/C23H44/c1-4-21(23-16-9-6-10-17-23)18-19(2)12-11-13-20(3)22-14-7-5-8-15-22/h19-23H,4-18H2,1-3H3. The summed E-state index contributed by atoms with van der Waals surface area (Å²) < 4.78 is 0. The van der Waals surface area contributed by atoms with Crippen molar-refractivity contribution in [3.63, 3.8) is 0 Å². The van der Waals surface area contributed by atoms with Crippen molar-refractivity contribution in [2.45, 2.75) is 117 Å². The third-order valence-electron chi connectivity index (χ3n) is 7.36. The molecule has 136 valence electrons. The van der Waals surface area contributed by atoms with Gasteiger partial charge in [0.1, 0.15) is 0 Å². The Kier molecular flexibility index (Phi) is 9.06. The van der Waals surface area contributed by atoms with Gasteiger partial charge in [-0.05, 0) is 36.0 Å². The number of rotatable bonds is 9. The van der Waals surface area contributed by atoms with Crippen molar-refractivity contribution in [1.29, 1.82) is 0 Å². The lowest BCUT2D eigenvalue weighted by molar-refractivity contribution is 0.199. The molecule has 0 aromatic heterocycles. The predicted octanol–water partition coefficient (Wildman–Crippen LogP) is 8.01. The fraction of sp³-hybridized carbons (Fsp3) is 1.00. The molecule has 0 heteroatoms. The minimum Gasteiger partial charge on any atom is -0.0651 e. The second kappa shape index (κ2) is 10.8. The first kappa shape index (κ1) is 19.3. The molecule has 0 aromatic rings. The maximum Gasteiger partial charge on any atom is -0.0386 e. The van der Waals surface area contributed by atoms with E-state index in [2.05, 4.69) is 20.8 Å². The topological polar surface area (TPSA) is 0 Å². The minimum atomic E-state index is 0.959. The Hall–Kier alpha value is 0. The molecular formula is C23H44. The monoisotopic (exact) mass is 320 g/mol. The first-order valence-corrected chi connectivity index (χ1v) is 11.2. The van der Waals surface area contributed by atoms with Crippen molar-refractivity contribution in [1.82, 2.24) is 0 Å². The van der Waals surface area contributed by atoms with Crippen molar-refractivity contribution in [2.24, 2.45) is 29.6 Å². The molecule has 0 radical (unpaired) electrons. The first-order valence-electron chi connectivity index (χ1n) is 11.2. The summed E-state index contributed by atoms with van der Waals surface area (Å²) in [7, 11) is 0. The molecule has 0 bridgehead atoms. The summed E-state index contributed by atoms with van der Waals surface area (Å²) in [6, 6.07) is 0. The van der Waals surface area contributed by atoms with E-state index in [0.717, 1.165) is 29.6 Å². The van der Waals surface area contributed by atoms with Crippen LogP contribution in [0, 0.1) is 29.6 Å². The lowest BCUT2D eigenvalue weighted by Gasteiger charge is -2.32. The van der Waals surface area contributed by atoms with Crippen LogP contribution in [0.3, 0.4) is 0 Å². The maximum atomic E-state index is 2.54. The van der Waals surface area contributed by atoms with Gasteiger partial charge in [-0.2, -0.15) is 0 Å². The lowest BCUT2D eigenvalue weighted by atomic mass is 9.74. The summed E-state index contributed by atoms with van der Waals surface area (Å²) in [6.07, 6.45) is 22.5. The van der Waals surface area contributed by atoms with E-state index in [0.29, 0.717) is 0 Å². The summed E-state index contributed by atoms with van der Waals surface area (Å²) >= 11 is 0. The van der Waals surface area contributed by atoms with Crippen molar-refractivity contribution in [2.75, 3.05) is 0 Å². The average molecular weight is 321 g/mol. The molecule has 0 N–H and O–H groups in total. The molecule has 0 saturated heterocycles. The largest absolute Gasteiger partial charge is 0.0651 e. The molecule has 0 aromatic carbocycles. The van der Waals surface area contributed by atoms with Crippen LogP contribution in [0.15, 0.2) is 0 Å². The van der Waals surface area contributed by atoms with Crippen LogP contribution in [0.5, 0.6) is 0 Å². The van der Waals surface area contributed by atoms with E-state index >= 15 is 0 Å². The molecule has 0 amide bonds. The third-order valence-corrected chi connectivity index (χ3v) is 7.36. The highest BCUT2D eigenvalue weighted by atomic mass is 14.3. The van der Waals surface area contributed by atoms with Gasteiger partial charge in [0.05, 0.1) is 0 Å². The van der Waals surface area contributed by atoms with Crippen LogP contribution < -0.4 is 0 Å². The summed E-state index contributed by atoms with van der Waals surface area (Å²) in [5.74, 6) is 5.10. The highest BCUT2D eigenvalue weighted by Gasteiger charge is 2.24. The fourth-order valence-electron chi connectivity index (χ4n) is 5.66. The number of hydrogen-bond acceptors (Lipinski definition) is 0. The van der Waals surface area contributed by atoms with E-state index < -0.39 is 0 Å². The zero-order chi connectivity index (χ0) is 16.5. The van der Waals surface area contributed by atoms with Crippen LogP contribution in [0.25, 0.3) is 0 Å². The van der Waals surface area contributed by atoms with E-state index in [9.17, 15) is 0 Å². The lowest BCUT2D eigenvalue weighted by Crippen LogP contribution is -2.20. The van der Waals surface area contributed by atoms with Crippen molar-refractivity contribution in [3.05, 3.63) is 0 Å². The van der Waals surface area contributed by atoms with E-state index in [1.54, 1.807) is 0 Å². The molecule has 23 heavy (non-hydrogen) atoms. The van der Waals surface area contributed by atoms with Gasteiger partial charge in [-0.15, -0.1) is 0 Å². The van der Waals surface area contributed by atoms with Crippen LogP contribution in [0.1, 0.15) is 117 Å². The van der Waals surface area contributed by atoms with Crippen LogP contribution in [-0.4, -0.2) is 0 Å². The van der Waals surface area contributed by atoms with Crippen molar-refractivity contribution in [3.8, 4) is 0 Å². The quantitative estimate of drug-likeness (QED) is 0.403. The van der Waals surface area contributed by atoms with Gasteiger partial charge in [0.15, 0.2) is 0 Å². The molecule has 2 rings (SSSR count). The normalized spacial score (nSPS) is 25.2. The maximum absolute atomic E-state index is 2.54. The smallest absolute Gasteiger partial charge is 0.0386 e. The van der Waals surface area contributed by atoms with Crippen LogP contribution >= 0.6 is 0 Å². The molecular weight excluding hydrogens is 276 g/mol. The Balaban J connectivity index is 1.62. The molecule has 2 fully saturated rings. The van der Waals surface area contributed by atoms with Gasteiger partial charge in [-0.1, -0.05) is 111 Å². The first-order chi connectivity index (χ1) is 11.2.